The summed E-state index contributed by atoms with van der Waals surface area (Å²) < 4.78 is 457. The van der Waals surface area contributed by atoms with Crippen LogP contribution in [0.25, 0.3) is 0 Å². The number of hydrogen-bond acceptors (Lipinski definition) is 2. The highest BCUT2D eigenvalue weighted by Gasteiger charge is 2.97. The highest BCUT2D eigenvalue weighted by atomic mass is 19.4. The van der Waals surface area contributed by atoms with Crippen molar-refractivity contribution in [3.63, 3.8) is 0 Å². The quantitative estimate of drug-likeness (QED) is 0.112. The third kappa shape index (κ3) is 8.13. The maximum atomic E-state index is 14.3. The molecular weight excluding hydrogens is 998 g/mol. The van der Waals surface area contributed by atoms with Crippen molar-refractivity contribution in [2.24, 2.45) is 11.8 Å². The van der Waals surface area contributed by atoms with E-state index in [1.54, 1.807) is 0 Å². The van der Waals surface area contributed by atoms with E-state index in [1.165, 1.54) is 0 Å². The average Bonchev–Trinajstić information content (AvgIpc) is 3.03. The lowest BCUT2D eigenvalue weighted by Gasteiger charge is -2.43. The molecular formula is C24H12F34O4. The second-order valence-electron chi connectivity index (χ2n) is 12.3. The number of carboxylic acids is 2. The lowest BCUT2D eigenvalue weighted by Crippen LogP contribution is -2.74. The molecule has 2 unspecified atom stereocenters. The summed E-state index contributed by atoms with van der Waals surface area (Å²) in [6.45, 7) is 0. The number of carbonyl (C=O) groups is 2. The molecule has 0 radical (unpaired) electrons. The highest BCUT2D eigenvalue weighted by Crippen LogP contribution is 2.66. The van der Waals surface area contributed by atoms with Gasteiger partial charge < -0.3 is 10.2 Å². The number of hydrogen-bond donors (Lipinski definition) is 2. The van der Waals surface area contributed by atoms with E-state index in [2.05, 4.69) is 0 Å². The van der Waals surface area contributed by atoms with Gasteiger partial charge in [0, 0.05) is 12.8 Å². The van der Waals surface area contributed by atoms with Gasteiger partial charge in [0.1, 0.15) is 0 Å². The van der Waals surface area contributed by atoms with E-state index < -0.39 is 145 Å². The summed E-state index contributed by atoms with van der Waals surface area (Å²) in [5.41, 5.74) is 0. The fraction of sp³-hybridized carbons (Fsp3) is 0.917. The van der Waals surface area contributed by atoms with Crippen LogP contribution in [0.4, 0.5) is 149 Å². The van der Waals surface area contributed by atoms with Gasteiger partial charge in [0.05, 0.1) is 11.8 Å². The molecule has 2 N–H and O–H groups in total. The molecule has 0 aromatic carbocycles. The Balaban J connectivity index is 7.01. The number of alkyl halides is 34. The molecule has 0 aliphatic rings. The minimum atomic E-state index is -9.23. The van der Waals surface area contributed by atoms with Crippen LogP contribution in [0.15, 0.2) is 0 Å². The molecule has 0 aliphatic heterocycles. The van der Waals surface area contributed by atoms with Gasteiger partial charge in [-0.1, -0.05) is 0 Å². The van der Waals surface area contributed by atoms with Crippen molar-refractivity contribution in [3.05, 3.63) is 0 Å². The zero-order chi connectivity index (χ0) is 51.1. The maximum Gasteiger partial charge on any atom is 0.460 e. The van der Waals surface area contributed by atoms with Crippen molar-refractivity contribution in [2.75, 3.05) is 0 Å². The predicted octanol–water partition coefficient (Wildman–Crippen LogP) is 12.0. The Morgan fingerprint density at radius 2 is 0.419 bits per heavy atom. The Bertz CT molecular complexity index is 1500. The second kappa shape index (κ2) is 15.6. The van der Waals surface area contributed by atoms with Crippen LogP contribution in [0, 0.1) is 11.8 Å². The SMILES string of the molecule is O=C(O)C(CCC(F)(F)C(F)(F)C(F)(F)C(F)(F)C(F)(F)C(F)(F)C(F)(F)C(F)(F)F)C(CCC(F)(F)C(F)(F)C(F)(F)C(F)(F)C(F)(F)C(F)(F)C(F)(F)C(F)(F)F)C(=O)O. The number of carboxylic acid groups (broad SMARTS) is 2. The third-order valence-electron chi connectivity index (χ3n) is 8.23. The van der Waals surface area contributed by atoms with E-state index >= 15 is 0 Å². The highest BCUT2D eigenvalue weighted by molar-refractivity contribution is 5.80. The van der Waals surface area contributed by atoms with Crippen LogP contribution < -0.4 is 0 Å². The Kier molecular flexibility index (Phi) is 14.8. The summed E-state index contributed by atoms with van der Waals surface area (Å²) in [5.74, 6) is -137. The molecule has 370 valence electrons. The average molecular weight is 1010 g/mol. The third-order valence-corrected chi connectivity index (χ3v) is 8.23. The summed E-state index contributed by atoms with van der Waals surface area (Å²) >= 11 is 0. The van der Waals surface area contributed by atoms with Gasteiger partial charge in [-0.3, -0.25) is 9.59 Å². The normalized spacial score (nSPS) is 17.3. The molecule has 0 aromatic rings. The maximum absolute atomic E-state index is 14.3. The Hall–Kier alpha value is -3.44. The van der Waals surface area contributed by atoms with Gasteiger partial charge in [-0.2, -0.15) is 149 Å². The van der Waals surface area contributed by atoms with Gasteiger partial charge in [0.25, 0.3) is 0 Å². The van der Waals surface area contributed by atoms with Crippen LogP contribution in [0.3, 0.4) is 0 Å². The van der Waals surface area contributed by atoms with E-state index in [0.29, 0.717) is 0 Å². The lowest BCUT2D eigenvalue weighted by atomic mass is 9.80. The first-order chi connectivity index (χ1) is 26.3. The van der Waals surface area contributed by atoms with Gasteiger partial charge in [0.2, 0.25) is 0 Å². The summed E-state index contributed by atoms with van der Waals surface area (Å²) in [6, 6.07) is 0. The zero-order valence-corrected chi connectivity index (χ0v) is 27.5. The van der Waals surface area contributed by atoms with Crippen LogP contribution in [0.2, 0.25) is 0 Å². The fourth-order valence-corrected chi connectivity index (χ4v) is 4.37. The first-order valence-electron chi connectivity index (χ1n) is 14.2. The summed E-state index contributed by atoms with van der Waals surface area (Å²) in [4.78, 5) is 22.8. The van der Waals surface area contributed by atoms with Gasteiger partial charge >= 0.3 is 107 Å². The van der Waals surface area contributed by atoms with Gasteiger partial charge in [-0.05, 0) is 12.8 Å². The smallest absolute Gasteiger partial charge is 0.460 e. The standard InChI is InChI=1S/C24H12F34O4/c25-9(26,11(29,30)13(33,34)15(37,38)17(41,42)19(45,46)21(49,50)23(53,54)55)3-1-5(7(59)60)6(8(61)62)2-4-10(27,28)12(31,32)14(35,36)16(39,40)18(43,44)20(47,48)22(51,52)24(56,57)58/h5-6H,1-4H2,(H,59,60)(H,61,62). The van der Waals surface area contributed by atoms with Crippen molar-refractivity contribution in [2.45, 2.75) is 121 Å². The van der Waals surface area contributed by atoms with Gasteiger partial charge in [-0.25, -0.2) is 0 Å². The summed E-state index contributed by atoms with van der Waals surface area (Å²) in [5, 5.41) is 17.9. The monoisotopic (exact) mass is 1010 g/mol. The van der Waals surface area contributed by atoms with E-state index in [9.17, 15) is 159 Å². The Labute approximate surface area is 315 Å². The topological polar surface area (TPSA) is 74.6 Å². The molecule has 0 saturated heterocycles. The lowest BCUT2D eigenvalue weighted by molar-refractivity contribution is -0.462. The molecule has 0 rings (SSSR count). The first-order valence-corrected chi connectivity index (χ1v) is 14.2. The largest absolute Gasteiger partial charge is 0.481 e. The van der Waals surface area contributed by atoms with Gasteiger partial charge in [0.15, 0.2) is 0 Å². The molecule has 0 saturated carbocycles. The molecule has 4 nitrogen and oxygen atoms in total. The summed E-state index contributed by atoms with van der Waals surface area (Å²) in [7, 11) is 0. The van der Waals surface area contributed by atoms with Crippen LogP contribution in [-0.4, -0.2) is 117 Å². The Morgan fingerprint density at radius 1 is 0.274 bits per heavy atom. The number of halogens is 34. The molecule has 2 atom stereocenters. The molecule has 0 bridgehead atoms. The summed E-state index contributed by atoms with van der Waals surface area (Å²) in [6.07, 6.45) is -30.4. The number of aliphatic carboxylic acids is 2. The minimum Gasteiger partial charge on any atom is -0.481 e. The molecule has 0 spiro atoms. The van der Waals surface area contributed by atoms with Crippen molar-refractivity contribution >= 4 is 11.9 Å². The zero-order valence-electron chi connectivity index (χ0n) is 27.5. The predicted molar refractivity (Wildman–Crippen MR) is 122 cm³/mol. The molecule has 0 fully saturated rings. The van der Waals surface area contributed by atoms with E-state index in [-0.39, 0.29) is 0 Å². The van der Waals surface area contributed by atoms with Crippen LogP contribution >= 0.6 is 0 Å². The molecule has 0 aliphatic carbocycles. The van der Waals surface area contributed by atoms with Crippen LogP contribution in [0.1, 0.15) is 25.7 Å². The molecule has 38 heteroatoms. The van der Waals surface area contributed by atoms with Crippen molar-refractivity contribution < 1.29 is 169 Å². The fourth-order valence-electron chi connectivity index (χ4n) is 4.37. The van der Waals surface area contributed by atoms with Crippen molar-refractivity contribution in [1.82, 2.24) is 0 Å². The molecule has 62 heavy (non-hydrogen) atoms. The van der Waals surface area contributed by atoms with Crippen LogP contribution in [0.5, 0.6) is 0 Å². The van der Waals surface area contributed by atoms with E-state index in [4.69, 9.17) is 10.2 Å². The molecule has 0 heterocycles. The van der Waals surface area contributed by atoms with Gasteiger partial charge in [-0.15, -0.1) is 0 Å². The van der Waals surface area contributed by atoms with E-state index in [1.807, 2.05) is 0 Å². The van der Waals surface area contributed by atoms with E-state index in [0.717, 1.165) is 0 Å². The van der Waals surface area contributed by atoms with Crippen molar-refractivity contribution in [3.8, 4) is 0 Å². The second-order valence-corrected chi connectivity index (χ2v) is 12.3. The van der Waals surface area contributed by atoms with Crippen molar-refractivity contribution in [1.29, 1.82) is 0 Å². The minimum absolute atomic E-state index is 3.14. The van der Waals surface area contributed by atoms with Crippen LogP contribution in [-0.2, 0) is 9.59 Å². The Morgan fingerprint density at radius 3 is 0.565 bits per heavy atom. The first kappa shape index (κ1) is 58.6. The number of rotatable bonds is 21. The molecule has 0 amide bonds. The molecule has 0 aromatic heterocycles.